The van der Waals surface area contributed by atoms with Crippen molar-refractivity contribution in [2.75, 3.05) is 0 Å². The maximum atomic E-state index is 11.2. The standard InChI is InChI=1S/C18H30O3S.CH5N3/c1-2-3-4-5-6-7-8-9-10-11-14-17-15-12-13-16-18(17)22(19,20)21;2-1(3)4/h12-13,15-16H,2-11,14H2,1H3,(H,19,20,21);(H5,2,3,4). The SMILES string of the molecule is CCCCCCCCCCCCc1ccccc1S(=O)(=O)[O-].NC(N)=[NH2+]. The first-order valence-electron chi connectivity index (χ1n) is 9.46. The lowest BCUT2D eigenvalue weighted by molar-refractivity contribution is -0.116. The van der Waals surface area contributed by atoms with Gasteiger partial charge in [-0.2, -0.15) is 0 Å². The molecule has 1 rings (SSSR count). The van der Waals surface area contributed by atoms with Gasteiger partial charge in [0.15, 0.2) is 0 Å². The van der Waals surface area contributed by atoms with Crippen molar-refractivity contribution in [3.8, 4) is 0 Å². The Morgan fingerprint density at radius 2 is 1.35 bits per heavy atom. The predicted molar refractivity (Wildman–Crippen MR) is 105 cm³/mol. The van der Waals surface area contributed by atoms with Gasteiger partial charge >= 0.3 is 5.96 Å². The van der Waals surface area contributed by atoms with E-state index >= 15 is 0 Å². The van der Waals surface area contributed by atoms with E-state index in [0.717, 1.165) is 12.8 Å². The van der Waals surface area contributed by atoms with Crippen molar-refractivity contribution in [2.45, 2.75) is 82.4 Å². The second-order valence-corrected chi connectivity index (χ2v) is 7.84. The molecular formula is C19H35N3O3S. The van der Waals surface area contributed by atoms with Crippen LogP contribution in [0.15, 0.2) is 29.2 Å². The van der Waals surface area contributed by atoms with Crippen molar-refractivity contribution in [1.82, 2.24) is 0 Å². The van der Waals surface area contributed by atoms with Gasteiger partial charge in [-0.05, 0) is 24.5 Å². The molecule has 0 aliphatic heterocycles. The van der Waals surface area contributed by atoms with Crippen LogP contribution in [0.4, 0.5) is 0 Å². The summed E-state index contributed by atoms with van der Waals surface area (Å²) in [5, 5.41) is 4.58. The van der Waals surface area contributed by atoms with Gasteiger partial charge in [0, 0.05) is 0 Å². The number of aryl methyl sites for hydroxylation is 1. The van der Waals surface area contributed by atoms with Gasteiger partial charge in [0.25, 0.3) is 0 Å². The van der Waals surface area contributed by atoms with Crippen LogP contribution in [-0.2, 0) is 16.5 Å². The molecule has 6 nitrogen and oxygen atoms in total. The van der Waals surface area contributed by atoms with Crippen molar-refractivity contribution in [3.05, 3.63) is 29.8 Å². The van der Waals surface area contributed by atoms with Crippen LogP contribution < -0.4 is 16.9 Å². The molecule has 1 aromatic carbocycles. The molecule has 0 saturated carbocycles. The van der Waals surface area contributed by atoms with Crippen molar-refractivity contribution in [2.24, 2.45) is 11.5 Å². The normalized spacial score (nSPS) is 10.8. The summed E-state index contributed by atoms with van der Waals surface area (Å²) in [5.41, 5.74) is 9.83. The fraction of sp³-hybridized carbons (Fsp3) is 0.632. The third kappa shape index (κ3) is 13.7. The fourth-order valence-corrected chi connectivity index (χ4v) is 3.49. The molecule has 0 aliphatic carbocycles. The molecule has 6 N–H and O–H groups in total. The smallest absolute Gasteiger partial charge is 0.336 e. The molecule has 0 aliphatic rings. The fourth-order valence-electron chi connectivity index (χ4n) is 2.76. The lowest BCUT2D eigenvalue weighted by atomic mass is 10.0. The number of hydrogen-bond acceptors (Lipinski definition) is 3. The number of guanidine groups is 1. The lowest BCUT2D eigenvalue weighted by Crippen LogP contribution is -2.51. The van der Waals surface area contributed by atoms with Crippen LogP contribution in [0.5, 0.6) is 0 Å². The van der Waals surface area contributed by atoms with Crippen LogP contribution in [0.2, 0.25) is 0 Å². The molecule has 0 spiro atoms. The molecule has 0 fully saturated rings. The van der Waals surface area contributed by atoms with Crippen LogP contribution in [0.1, 0.15) is 76.7 Å². The van der Waals surface area contributed by atoms with E-state index in [1.807, 2.05) is 0 Å². The molecule has 0 unspecified atom stereocenters. The molecule has 0 radical (unpaired) electrons. The lowest BCUT2D eigenvalue weighted by Gasteiger charge is -2.12. The zero-order chi connectivity index (χ0) is 19.8. The first kappa shape index (κ1) is 24.4. The van der Waals surface area contributed by atoms with Crippen molar-refractivity contribution < 1.29 is 18.4 Å². The Morgan fingerprint density at radius 3 is 1.81 bits per heavy atom. The monoisotopic (exact) mass is 385 g/mol. The Bertz CT molecular complexity index is 600. The Morgan fingerprint density at radius 1 is 0.923 bits per heavy atom. The summed E-state index contributed by atoms with van der Waals surface area (Å²) in [4.78, 5) is -0.0501. The van der Waals surface area contributed by atoms with Gasteiger partial charge in [-0.15, -0.1) is 0 Å². The van der Waals surface area contributed by atoms with Crippen LogP contribution >= 0.6 is 0 Å². The molecule has 0 saturated heterocycles. The average molecular weight is 386 g/mol. The predicted octanol–water partition coefficient (Wildman–Crippen LogP) is 2.07. The van der Waals surface area contributed by atoms with Gasteiger partial charge in [-0.25, -0.2) is 8.42 Å². The van der Waals surface area contributed by atoms with Crippen LogP contribution in [0.25, 0.3) is 0 Å². The molecule has 150 valence electrons. The summed E-state index contributed by atoms with van der Waals surface area (Å²) < 4.78 is 33.5. The van der Waals surface area contributed by atoms with Gasteiger partial charge in [0.2, 0.25) is 0 Å². The van der Waals surface area contributed by atoms with Crippen molar-refractivity contribution >= 4 is 16.1 Å². The quantitative estimate of drug-likeness (QED) is 0.219. The molecule has 7 heteroatoms. The van der Waals surface area contributed by atoms with E-state index in [-0.39, 0.29) is 10.9 Å². The van der Waals surface area contributed by atoms with Gasteiger partial charge in [-0.3, -0.25) is 16.9 Å². The van der Waals surface area contributed by atoms with Gasteiger partial charge in [0.1, 0.15) is 10.1 Å². The molecule has 0 bridgehead atoms. The molecule has 0 aromatic heterocycles. The molecule has 0 heterocycles. The Kier molecular flexibility index (Phi) is 13.7. The van der Waals surface area contributed by atoms with Crippen molar-refractivity contribution in [3.63, 3.8) is 0 Å². The highest BCUT2D eigenvalue weighted by Gasteiger charge is 2.07. The molecular weight excluding hydrogens is 350 g/mol. The zero-order valence-corrected chi connectivity index (χ0v) is 16.8. The molecule has 0 amide bonds. The highest BCUT2D eigenvalue weighted by molar-refractivity contribution is 7.85. The highest BCUT2D eigenvalue weighted by Crippen LogP contribution is 2.18. The number of nitrogens with two attached hydrogens (primary N) is 3. The Labute approximate surface area is 158 Å². The maximum absolute atomic E-state index is 11.2. The van der Waals surface area contributed by atoms with Gasteiger partial charge < -0.3 is 4.55 Å². The number of rotatable bonds is 12. The molecule has 0 atom stereocenters. The minimum absolute atomic E-state index is 0.0501. The largest absolute Gasteiger partial charge is 0.744 e. The van der Waals surface area contributed by atoms with Crippen molar-refractivity contribution in [1.29, 1.82) is 0 Å². The number of benzene rings is 1. The van der Waals surface area contributed by atoms with Crippen LogP contribution in [-0.4, -0.2) is 18.9 Å². The first-order chi connectivity index (χ1) is 12.3. The minimum Gasteiger partial charge on any atom is -0.744 e. The Balaban J connectivity index is 0.00000141. The van der Waals surface area contributed by atoms with E-state index in [1.54, 1.807) is 18.2 Å². The maximum Gasteiger partial charge on any atom is 0.336 e. The van der Waals surface area contributed by atoms with Gasteiger partial charge in [0.05, 0.1) is 4.90 Å². The first-order valence-corrected chi connectivity index (χ1v) is 10.9. The summed E-state index contributed by atoms with van der Waals surface area (Å²) in [7, 11) is -4.35. The van der Waals surface area contributed by atoms with E-state index in [2.05, 4.69) is 23.8 Å². The summed E-state index contributed by atoms with van der Waals surface area (Å²) in [6, 6.07) is 6.56. The second-order valence-electron chi connectivity index (χ2n) is 6.49. The van der Waals surface area contributed by atoms with Crippen LogP contribution in [0.3, 0.4) is 0 Å². The third-order valence-electron chi connectivity index (χ3n) is 4.04. The molecule has 1 aromatic rings. The summed E-state index contributed by atoms with van der Waals surface area (Å²) in [6.45, 7) is 2.23. The van der Waals surface area contributed by atoms with E-state index in [1.165, 1.54) is 57.4 Å². The second kappa shape index (κ2) is 14.6. The number of hydrogen-bond donors (Lipinski definition) is 3. The molecule has 26 heavy (non-hydrogen) atoms. The summed E-state index contributed by atoms with van der Waals surface area (Å²) in [5.74, 6) is -0.0833. The number of unbranched alkanes of at least 4 members (excludes halogenated alkanes) is 9. The van der Waals surface area contributed by atoms with Gasteiger partial charge in [-0.1, -0.05) is 82.9 Å². The van der Waals surface area contributed by atoms with Crippen LogP contribution in [0, 0.1) is 0 Å². The van der Waals surface area contributed by atoms with E-state index < -0.39 is 10.1 Å². The van der Waals surface area contributed by atoms with E-state index in [9.17, 15) is 13.0 Å². The zero-order valence-electron chi connectivity index (χ0n) is 16.0. The average Bonchev–Trinajstić information content (AvgIpc) is 2.55. The topological polar surface area (TPSA) is 135 Å². The highest BCUT2D eigenvalue weighted by atomic mass is 32.2. The summed E-state index contributed by atoms with van der Waals surface area (Å²) in [6.07, 6.45) is 13.2. The Hall–Kier alpha value is -1.60. The van der Waals surface area contributed by atoms with E-state index in [4.69, 9.17) is 0 Å². The van der Waals surface area contributed by atoms with E-state index in [0.29, 0.717) is 12.0 Å². The third-order valence-corrected chi connectivity index (χ3v) is 4.98. The minimum atomic E-state index is -4.35. The summed E-state index contributed by atoms with van der Waals surface area (Å²) >= 11 is 0.